The van der Waals surface area contributed by atoms with Gasteiger partial charge in [-0.3, -0.25) is 14.5 Å². The fraction of sp³-hybridized carbons (Fsp3) is 0.440. The summed E-state index contributed by atoms with van der Waals surface area (Å²) in [5.74, 6) is 0.0429. The number of nitrogens with zero attached hydrogens (tertiary/aromatic N) is 1. The van der Waals surface area contributed by atoms with Crippen molar-refractivity contribution in [3.63, 3.8) is 0 Å². The summed E-state index contributed by atoms with van der Waals surface area (Å²) in [6.45, 7) is 3.52. The molecule has 170 valence electrons. The van der Waals surface area contributed by atoms with Gasteiger partial charge in [-0.15, -0.1) is 0 Å². The van der Waals surface area contributed by atoms with Gasteiger partial charge in [0.25, 0.3) is 0 Å². The fourth-order valence-corrected chi connectivity index (χ4v) is 4.32. The van der Waals surface area contributed by atoms with Crippen LogP contribution >= 0.6 is 0 Å². The van der Waals surface area contributed by atoms with Crippen molar-refractivity contribution >= 4 is 17.5 Å². The largest absolute Gasteiger partial charge is 0.492 e. The maximum atomic E-state index is 12.8. The molecule has 2 aliphatic heterocycles. The Morgan fingerprint density at radius 1 is 1.19 bits per heavy atom. The minimum Gasteiger partial charge on any atom is -0.492 e. The molecule has 32 heavy (non-hydrogen) atoms. The van der Waals surface area contributed by atoms with Gasteiger partial charge in [-0.05, 0) is 49.2 Å². The van der Waals surface area contributed by atoms with Crippen LogP contribution in [0.2, 0.25) is 0 Å². The van der Waals surface area contributed by atoms with Crippen molar-refractivity contribution in [1.82, 2.24) is 10.2 Å². The predicted octanol–water partition coefficient (Wildman–Crippen LogP) is 2.92. The molecule has 1 atom stereocenters. The molecule has 2 N–H and O–H groups in total. The Hall–Kier alpha value is -2.90. The van der Waals surface area contributed by atoms with E-state index in [9.17, 15) is 9.59 Å². The van der Waals surface area contributed by atoms with Gasteiger partial charge in [0.05, 0.1) is 5.92 Å². The molecule has 0 spiro atoms. The van der Waals surface area contributed by atoms with Crippen LogP contribution in [-0.4, -0.2) is 56.2 Å². The van der Waals surface area contributed by atoms with Crippen LogP contribution in [0, 0.1) is 0 Å². The predicted molar refractivity (Wildman–Crippen MR) is 123 cm³/mol. The Labute approximate surface area is 189 Å². The van der Waals surface area contributed by atoms with Gasteiger partial charge in [0.1, 0.15) is 12.4 Å². The maximum absolute atomic E-state index is 12.8. The van der Waals surface area contributed by atoms with Crippen LogP contribution in [0.5, 0.6) is 5.75 Å². The number of hydrogen-bond acceptors (Lipinski definition) is 5. The summed E-state index contributed by atoms with van der Waals surface area (Å²) >= 11 is 0. The third-order valence-electron chi connectivity index (χ3n) is 6.21. The van der Waals surface area contributed by atoms with E-state index < -0.39 is 5.92 Å². The van der Waals surface area contributed by atoms with Crippen LogP contribution in [0.1, 0.15) is 36.3 Å². The number of rotatable bonds is 8. The number of nitrogens with one attached hydrogen (secondary N) is 2. The molecule has 0 aromatic heterocycles. The second-order valence-electron chi connectivity index (χ2n) is 8.43. The SMILES string of the molecule is CN(CCOc1cccc(CNC(=O)C2CC(=O)Nc3ccccc32)c1)C1CCOCC1. The van der Waals surface area contributed by atoms with Gasteiger partial charge in [-0.1, -0.05) is 30.3 Å². The standard InChI is InChI=1S/C25H31N3O4/c1-28(19-9-12-31-13-10-19)11-14-32-20-6-4-5-18(15-20)17-26-25(30)22-16-24(29)27-23-8-3-2-7-21(22)23/h2-8,15,19,22H,9-14,16-17H2,1H3,(H,26,30)(H,27,29). The molecule has 2 aromatic carbocycles. The van der Waals surface area contributed by atoms with Crippen LogP contribution < -0.4 is 15.4 Å². The number of likely N-dealkylation sites (N-methyl/N-ethyl adjacent to an activating group) is 1. The highest BCUT2D eigenvalue weighted by Crippen LogP contribution is 2.32. The van der Waals surface area contributed by atoms with E-state index in [1.807, 2.05) is 48.5 Å². The third-order valence-corrected chi connectivity index (χ3v) is 6.21. The minimum atomic E-state index is -0.472. The van der Waals surface area contributed by atoms with Crippen molar-refractivity contribution in [3.05, 3.63) is 59.7 Å². The Morgan fingerprint density at radius 2 is 2.00 bits per heavy atom. The van der Waals surface area contributed by atoms with Crippen LogP contribution in [0.15, 0.2) is 48.5 Å². The number of carbonyl (C=O) groups excluding carboxylic acids is 2. The smallest absolute Gasteiger partial charge is 0.228 e. The van der Waals surface area contributed by atoms with Crippen LogP contribution in [-0.2, 0) is 20.9 Å². The second-order valence-corrected chi connectivity index (χ2v) is 8.43. The molecular weight excluding hydrogens is 406 g/mol. The summed E-state index contributed by atoms with van der Waals surface area (Å²) in [7, 11) is 2.13. The fourth-order valence-electron chi connectivity index (χ4n) is 4.32. The Morgan fingerprint density at radius 3 is 2.84 bits per heavy atom. The lowest BCUT2D eigenvalue weighted by molar-refractivity contribution is -0.126. The number of fused-ring (bicyclic) bond motifs is 1. The van der Waals surface area contributed by atoms with Crippen molar-refractivity contribution in [2.24, 2.45) is 0 Å². The normalized spacial score (nSPS) is 18.7. The Balaban J connectivity index is 1.28. The van der Waals surface area contributed by atoms with Gasteiger partial charge in [0, 0.05) is 44.5 Å². The highest BCUT2D eigenvalue weighted by atomic mass is 16.5. The van der Waals surface area contributed by atoms with E-state index in [-0.39, 0.29) is 18.2 Å². The minimum absolute atomic E-state index is 0.134. The maximum Gasteiger partial charge on any atom is 0.228 e. The molecular formula is C25H31N3O4. The zero-order valence-corrected chi connectivity index (χ0v) is 18.5. The number of anilines is 1. The van der Waals surface area contributed by atoms with Gasteiger partial charge in [-0.2, -0.15) is 0 Å². The van der Waals surface area contributed by atoms with E-state index in [1.54, 1.807) is 0 Å². The summed E-state index contributed by atoms with van der Waals surface area (Å²) < 4.78 is 11.4. The average molecular weight is 438 g/mol. The van der Waals surface area contributed by atoms with Gasteiger partial charge < -0.3 is 20.1 Å². The lowest BCUT2D eigenvalue weighted by Gasteiger charge is -2.31. The summed E-state index contributed by atoms with van der Waals surface area (Å²) in [4.78, 5) is 27.2. The number of para-hydroxylation sites is 1. The molecule has 7 heteroatoms. The lowest BCUT2D eigenvalue weighted by atomic mass is 9.90. The number of ether oxygens (including phenoxy) is 2. The van der Waals surface area contributed by atoms with Crippen molar-refractivity contribution in [2.45, 2.75) is 37.8 Å². The highest BCUT2D eigenvalue weighted by Gasteiger charge is 2.30. The molecule has 0 bridgehead atoms. The molecule has 7 nitrogen and oxygen atoms in total. The number of amides is 2. The second kappa shape index (κ2) is 10.6. The summed E-state index contributed by atoms with van der Waals surface area (Å²) in [5.41, 5.74) is 2.53. The van der Waals surface area contributed by atoms with E-state index in [0.717, 1.165) is 49.5 Å². The van der Waals surface area contributed by atoms with E-state index in [0.29, 0.717) is 24.9 Å². The molecule has 2 amide bonds. The molecule has 0 aliphatic carbocycles. The summed E-state index contributed by atoms with van der Waals surface area (Å²) in [6, 6.07) is 15.8. The van der Waals surface area contributed by atoms with Crippen molar-refractivity contribution in [1.29, 1.82) is 0 Å². The topological polar surface area (TPSA) is 79.9 Å². The first kappa shape index (κ1) is 22.3. The molecule has 2 heterocycles. The first-order valence-electron chi connectivity index (χ1n) is 11.3. The van der Waals surface area contributed by atoms with Gasteiger partial charge in [-0.25, -0.2) is 0 Å². The van der Waals surface area contributed by atoms with E-state index >= 15 is 0 Å². The monoisotopic (exact) mass is 437 g/mol. The van der Waals surface area contributed by atoms with E-state index in [1.165, 1.54) is 0 Å². The molecule has 2 aliphatic rings. The zero-order valence-electron chi connectivity index (χ0n) is 18.5. The lowest BCUT2D eigenvalue weighted by Crippen LogP contribution is -2.38. The van der Waals surface area contributed by atoms with E-state index in [2.05, 4.69) is 22.6 Å². The van der Waals surface area contributed by atoms with Gasteiger partial charge >= 0.3 is 0 Å². The van der Waals surface area contributed by atoms with Crippen molar-refractivity contribution in [2.75, 3.05) is 38.7 Å². The van der Waals surface area contributed by atoms with Crippen LogP contribution in [0.25, 0.3) is 0 Å². The molecule has 1 saturated heterocycles. The first-order chi connectivity index (χ1) is 15.6. The number of hydrogen-bond donors (Lipinski definition) is 2. The first-order valence-corrected chi connectivity index (χ1v) is 11.3. The summed E-state index contributed by atoms with van der Waals surface area (Å²) in [5, 5.41) is 5.81. The summed E-state index contributed by atoms with van der Waals surface area (Å²) in [6.07, 6.45) is 2.30. The van der Waals surface area contributed by atoms with Crippen molar-refractivity contribution in [3.8, 4) is 5.75 Å². The van der Waals surface area contributed by atoms with E-state index in [4.69, 9.17) is 9.47 Å². The number of benzene rings is 2. The van der Waals surface area contributed by atoms with Crippen LogP contribution in [0.3, 0.4) is 0 Å². The molecule has 0 saturated carbocycles. The molecule has 4 rings (SSSR count). The van der Waals surface area contributed by atoms with Crippen LogP contribution in [0.4, 0.5) is 5.69 Å². The average Bonchev–Trinajstić information content (AvgIpc) is 2.82. The quantitative estimate of drug-likeness (QED) is 0.664. The molecule has 1 fully saturated rings. The van der Waals surface area contributed by atoms with Gasteiger partial charge in [0.15, 0.2) is 0 Å². The zero-order chi connectivity index (χ0) is 22.3. The Bertz CT molecular complexity index is 942. The highest BCUT2D eigenvalue weighted by molar-refractivity contribution is 6.01. The Kier molecular flexibility index (Phi) is 7.39. The molecule has 2 aromatic rings. The van der Waals surface area contributed by atoms with Crippen molar-refractivity contribution < 1.29 is 19.1 Å². The third kappa shape index (κ3) is 5.66. The molecule has 0 radical (unpaired) electrons. The number of carbonyl (C=O) groups is 2. The van der Waals surface area contributed by atoms with Gasteiger partial charge in [0.2, 0.25) is 11.8 Å². The molecule has 1 unspecified atom stereocenters.